The molecule has 5 rings (SSSR count). The molecule has 2 N–H and O–H groups in total. The highest BCUT2D eigenvalue weighted by atomic mass is 32.2. The third kappa shape index (κ3) is 6.90. The zero-order valence-corrected chi connectivity index (χ0v) is 24.5. The van der Waals surface area contributed by atoms with E-state index in [9.17, 15) is 14.4 Å². The number of carbonyl (C=O) groups is 3. The van der Waals surface area contributed by atoms with Crippen LogP contribution in [0.25, 0.3) is 0 Å². The van der Waals surface area contributed by atoms with E-state index in [2.05, 4.69) is 27.7 Å². The number of benzene rings is 2. The molecule has 2 aromatic carbocycles. The summed E-state index contributed by atoms with van der Waals surface area (Å²) in [5.41, 5.74) is 3.26. The summed E-state index contributed by atoms with van der Waals surface area (Å²) in [6.07, 6.45) is 2.73. The van der Waals surface area contributed by atoms with Crippen LogP contribution in [0.15, 0.2) is 82.3 Å². The van der Waals surface area contributed by atoms with E-state index in [-0.39, 0.29) is 17.6 Å². The van der Waals surface area contributed by atoms with E-state index in [0.29, 0.717) is 35.6 Å². The molecule has 0 aliphatic carbocycles. The van der Waals surface area contributed by atoms with Gasteiger partial charge in [0.25, 0.3) is 5.91 Å². The van der Waals surface area contributed by atoms with Gasteiger partial charge in [-0.1, -0.05) is 43.3 Å². The Morgan fingerprint density at radius 3 is 2.63 bits per heavy atom. The average molecular weight is 590 g/mol. The number of carbonyl (C=O) groups excluding carboxylic acids is 3. The minimum absolute atomic E-state index is 0.188. The number of thiophene rings is 1. The molecule has 8 nitrogen and oxygen atoms in total. The molecule has 4 aromatic rings. The van der Waals surface area contributed by atoms with E-state index in [0.717, 1.165) is 28.4 Å². The summed E-state index contributed by atoms with van der Waals surface area (Å²) in [4.78, 5) is 42.9. The molecule has 41 heavy (non-hydrogen) atoms. The molecule has 3 heterocycles. The van der Waals surface area contributed by atoms with Crippen molar-refractivity contribution in [1.82, 2.24) is 4.90 Å². The maximum absolute atomic E-state index is 13.5. The Labute approximate surface area is 247 Å². The predicted octanol–water partition coefficient (Wildman–Crippen LogP) is 6.45. The van der Waals surface area contributed by atoms with Crippen molar-refractivity contribution in [3.8, 4) is 0 Å². The van der Waals surface area contributed by atoms with E-state index >= 15 is 0 Å². The van der Waals surface area contributed by atoms with Gasteiger partial charge < -0.3 is 19.8 Å². The largest absolute Gasteiger partial charge is 0.465 e. The average Bonchev–Trinajstić information content (AvgIpc) is 3.64. The van der Waals surface area contributed by atoms with Gasteiger partial charge in [0.15, 0.2) is 5.76 Å². The first-order valence-corrected chi connectivity index (χ1v) is 15.1. The van der Waals surface area contributed by atoms with Gasteiger partial charge in [0.05, 0.1) is 24.2 Å². The summed E-state index contributed by atoms with van der Waals surface area (Å²) in [5, 5.41) is 5.98. The number of anilines is 2. The molecule has 1 aliphatic heterocycles. The smallest absolute Gasteiger partial charge is 0.341 e. The van der Waals surface area contributed by atoms with Gasteiger partial charge in [0, 0.05) is 35.1 Å². The summed E-state index contributed by atoms with van der Waals surface area (Å²) >= 11 is 2.86. The van der Waals surface area contributed by atoms with Crippen molar-refractivity contribution < 1.29 is 23.5 Å². The maximum Gasteiger partial charge on any atom is 0.341 e. The van der Waals surface area contributed by atoms with Gasteiger partial charge in [0.1, 0.15) is 5.00 Å². The van der Waals surface area contributed by atoms with Crippen LogP contribution in [0.5, 0.6) is 0 Å². The van der Waals surface area contributed by atoms with Crippen LogP contribution in [0.2, 0.25) is 0 Å². The number of fused-ring (bicyclic) bond motifs is 1. The van der Waals surface area contributed by atoms with Crippen LogP contribution in [-0.4, -0.2) is 41.6 Å². The standard InChI is InChI=1S/C31H31N3O5S2/c1-3-25(40-22-12-7-11-21(17-22)32-28(35)24-13-8-16-39-24)29(36)33-30-27(31(37)38-2)23-14-15-34(19-26(23)41-30)18-20-9-5-4-6-10-20/h4-13,16-17,25H,3,14-15,18-19H2,1-2H3,(H,32,35)(H,33,36). The SMILES string of the molecule is CCC(Sc1cccc(NC(=O)c2ccco2)c1)C(=O)Nc1sc2c(c1C(=O)OC)CCN(Cc1ccccc1)C2. The number of nitrogens with zero attached hydrogens (tertiary/aromatic N) is 1. The molecule has 0 radical (unpaired) electrons. The molecule has 2 aromatic heterocycles. The van der Waals surface area contributed by atoms with Crippen molar-refractivity contribution in [3.05, 3.63) is 100 Å². The van der Waals surface area contributed by atoms with E-state index in [1.165, 1.54) is 42.0 Å². The molecule has 1 atom stereocenters. The number of methoxy groups -OCH3 is 1. The van der Waals surface area contributed by atoms with Crippen molar-refractivity contribution in [2.75, 3.05) is 24.3 Å². The lowest BCUT2D eigenvalue weighted by Gasteiger charge is -2.27. The zero-order chi connectivity index (χ0) is 28.8. The van der Waals surface area contributed by atoms with Crippen LogP contribution >= 0.6 is 23.1 Å². The normalized spacial score (nSPS) is 13.7. The minimum atomic E-state index is -0.435. The van der Waals surface area contributed by atoms with E-state index in [1.807, 2.05) is 43.3 Å². The Kier molecular flexibility index (Phi) is 9.23. The second kappa shape index (κ2) is 13.2. The van der Waals surface area contributed by atoms with E-state index < -0.39 is 11.2 Å². The Hall–Kier alpha value is -3.86. The van der Waals surface area contributed by atoms with Gasteiger partial charge in [-0.05, 0) is 54.3 Å². The molecule has 0 bridgehead atoms. The van der Waals surface area contributed by atoms with Crippen LogP contribution in [0, 0.1) is 0 Å². The Morgan fingerprint density at radius 2 is 1.90 bits per heavy atom. The number of hydrogen-bond acceptors (Lipinski definition) is 8. The number of rotatable bonds is 10. The van der Waals surface area contributed by atoms with Crippen molar-refractivity contribution in [2.24, 2.45) is 0 Å². The first-order valence-electron chi connectivity index (χ1n) is 13.4. The Bertz CT molecular complexity index is 1520. The minimum Gasteiger partial charge on any atom is -0.465 e. The molecular formula is C31H31N3O5S2. The number of thioether (sulfide) groups is 1. The monoisotopic (exact) mass is 589 g/mol. The summed E-state index contributed by atoms with van der Waals surface area (Å²) in [7, 11) is 1.37. The van der Waals surface area contributed by atoms with Crippen molar-refractivity contribution in [3.63, 3.8) is 0 Å². The van der Waals surface area contributed by atoms with Crippen LogP contribution in [0.1, 0.15) is 50.3 Å². The lowest BCUT2D eigenvalue weighted by Crippen LogP contribution is -2.30. The van der Waals surface area contributed by atoms with Crippen LogP contribution in [0.4, 0.5) is 10.7 Å². The predicted molar refractivity (Wildman–Crippen MR) is 162 cm³/mol. The summed E-state index contributed by atoms with van der Waals surface area (Å²) < 4.78 is 10.3. The second-order valence-corrected chi connectivity index (χ2v) is 12.0. The molecule has 0 spiro atoms. The molecular weight excluding hydrogens is 558 g/mol. The topological polar surface area (TPSA) is 101 Å². The number of amides is 2. The fraction of sp³-hybridized carbons (Fsp3) is 0.258. The third-order valence-electron chi connectivity index (χ3n) is 6.79. The van der Waals surface area contributed by atoms with Crippen molar-refractivity contribution >= 4 is 51.6 Å². The van der Waals surface area contributed by atoms with Gasteiger partial charge in [0.2, 0.25) is 5.91 Å². The number of hydrogen-bond donors (Lipinski definition) is 2. The Balaban J connectivity index is 1.29. The highest BCUT2D eigenvalue weighted by molar-refractivity contribution is 8.00. The molecule has 10 heteroatoms. The third-order valence-corrected chi connectivity index (χ3v) is 9.28. The van der Waals surface area contributed by atoms with Gasteiger partial charge in [-0.2, -0.15) is 0 Å². The van der Waals surface area contributed by atoms with Crippen molar-refractivity contribution in [1.29, 1.82) is 0 Å². The molecule has 0 saturated carbocycles. The highest BCUT2D eigenvalue weighted by Gasteiger charge is 2.30. The summed E-state index contributed by atoms with van der Waals surface area (Å²) in [6, 6.07) is 20.9. The van der Waals surface area contributed by atoms with Crippen LogP contribution in [0.3, 0.4) is 0 Å². The molecule has 0 saturated heterocycles. The first-order chi connectivity index (χ1) is 19.9. The Morgan fingerprint density at radius 1 is 1.07 bits per heavy atom. The fourth-order valence-corrected chi connectivity index (χ4v) is 7.06. The molecule has 212 valence electrons. The van der Waals surface area contributed by atoms with Gasteiger partial charge in [-0.3, -0.25) is 14.5 Å². The number of nitrogens with one attached hydrogen (secondary N) is 2. The van der Waals surface area contributed by atoms with E-state index in [1.54, 1.807) is 18.2 Å². The number of furan rings is 1. The van der Waals surface area contributed by atoms with Crippen LogP contribution in [-0.2, 0) is 29.0 Å². The lowest BCUT2D eigenvalue weighted by molar-refractivity contribution is -0.115. The number of ether oxygens (including phenoxy) is 1. The lowest BCUT2D eigenvalue weighted by atomic mass is 10.0. The highest BCUT2D eigenvalue weighted by Crippen LogP contribution is 2.39. The fourth-order valence-electron chi connectivity index (χ4n) is 4.77. The maximum atomic E-state index is 13.5. The van der Waals surface area contributed by atoms with Gasteiger partial charge in [-0.25, -0.2) is 4.79 Å². The van der Waals surface area contributed by atoms with Gasteiger partial charge >= 0.3 is 5.97 Å². The first kappa shape index (κ1) is 28.7. The number of esters is 1. The van der Waals surface area contributed by atoms with E-state index in [4.69, 9.17) is 9.15 Å². The zero-order valence-electron chi connectivity index (χ0n) is 22.8. The van der Waals surface area contributed by atoms with Crippen molar-refractivity contribution in [2.45, 2.75) is 43.0 Å². The van der Waals surface area contributed by atoms with Crippen LogP contribution < -0.4 is 10.6 Å². The molecule has 1 unspecified atom stereocenters. The molecule has 2 amide bonds. The second-order valence-electron chi connectivity index (χ2n) is 9.61. The summed E-state index contributed by atoms with van der Waals surface area (Å²) in [6.45, 7) is 4.29. The van der Waals surface area contributed by atoms with Gasteiger partial charge in [-0.15, -0.1) is 23.1 Å². The molecule has 0 fully saturated rings. The quantitative estimate of drug-likeness (QED) is 0.162. The summed E-state index contributed by atoms with van der Waals surface area (Å²) in [5.74, 6) is -0.749. The molecule has 1 aliphatic rings.